The number of hydrogen-bond donors (Lipinski definition) is 1. The summed E-state index contributed by atoms with van der Waals surface area (Å²) in [5.41, 5.74) is 8.62. The van der Waals surface area contributed by atoms with E-state index in [1.165, 1.54) is 11.3 Å². The molecule has 0 saturated heterocycles. The van der Waals surface area contributed by atoms with Crippen molar-refractivity contribution >= 4 is 33.2 Å². The fourth-order valence-corrected chi connectivity index (χ4v) is 3.17. The minimum absolute atomic E-state index is 0.439. The molecule has 0 aliphatic heterocycles. The predicted octanol–water partition coefficient (Wildman–Crippen LogP) is 4.34. The van der Waals surface area contributed by atoms with Crippen LogP contribution in [0, 0.1) is 0 Å². The van der Waals surface area contributed by atoms with Crippen LogP contribution in [0.1, 0.15) is 10.4 Å². The minimum Gasteiger partial charge on any atom is -0.366 e. The van der Waals surface area contributed by atoms with Crippen molar-refractivity contribution in [2.24, 2.45) is 5.73 Å². The Morgan fingerprint density at radius 2 is 1.81 bits per heavy atom. The number of amides is 1. The third-order valence-corrected chi connectivity index (χ3v) is 4.47. The zero-order chi connectivity index (χ0) is 14.8. The van der Waals surface area contributed by atoms with Crippen molar-refractivity contribution < 1.29 is 4.79 Å². The maximum Gasteiger partial charge on any atom is 0.249 e. The zero-order valence-corrected chi connectivity index (χ0v) is 13.3. The number of hydrogen-bond acceptors (Lipinski definition) is 3. The summed E-state index contributed by atoms with van der Waals surface area (Å²) in [6, 6.07) is 15.2. The Labute approximate surface area is 134 Å². The molecule has 0 atom stereocenters. The van der Waals surface area contributed by atoms with Crippen LogP contribution in [0.3, 0.4) is 0 Å². The van der Waals surface area contributed by atoms with E-state index in [1.54, 1.807) is 12.1 Å². The maximum absolute atomic E-state index is 11.5. The van der Waals surface area contributed by atoms with Gasteiger partial charge in [-0.3, -0.25) is 4.79 Å². The van der Waals surface area contributed by atoms with Gasteiger partial charge in [0.15, 0.2) is 0 Å². The molecule has 1 amide bonds. The molecule has 0 spiro atoms. The van der Waals surface area contributed by atoms with Crippen LogP contribution < -0.4 is 5.73 Å². The molecule has 0 aliphatic rings. The van der Waals surface area contributed by atoms with E-state index in [0.717, 1.165) is 26.3 Å². The molecule has 0 fully saturated rings. The van der Waals surface area contributed by atoms with Crippen LogP contribution in [0.15, 0.2) is 58.4 Å². The van der Waals surface area contributed by atoms with Crippen LogP contribution in [-0.4, -0.2) is 10.9 Å². The largest absolute Gasteiger partial charge is 0.366 e. The SMILES string of the molecule is NC(=O)c1ccccc1-c1nc(-c2ccc(Br)cc2)cs1. The third-order valence-electron chi connectivity index (χ3n) is 3.07. The average Bonchev–Trinajstić information content (AvgIpc) is 2.97. The lowest BCUT2D eigenvalue weighted by molar-refractivity contribution is 0.100. The average molecular weight is 359 g/mol. The molecule has 0 radical (unpaired) electrons. The van der Waals surface area contributed by atoms with Gasteiger partial charge in [0.2, 0.25) is 5.91 Å². The van der Waals surface area contributed by atoms with Crippen LogP contribution in [-0.2, 0) is 0 Å². The van der Waals surface area contributed by atoms with E-state index in [0.29, 0.717) is 5.56 Å². The Morgan fingerprint density at radius 3 is 2.52 bits per heavy atom. The Kier molecular flexibility index (Phi) is 3.86. The molecule has 2 N–H and O–H groups in total. The molecule has 0 aliphatic carbocycles. The van der Waals surface area contributed by atoms with Crippen LogP contribution in [0.25, 0.3) is 21.8 Å². The third kappa shape index (κ3) is 2.89. The van der Waals surface area contributed by atoms with Gasteiger partial charge in [0, 0.05) is 26.5 Å². The number of halogens is 1. The van der Waals surface area contributed by atoms with E-state index in [-0.39, 0.29) is 0 Å². The summed E-state index contributed by atoms with van der Waals surface area (Å²) in [4.78, 5) is 16.1. The number of thiazole rings is 1. The normalized spacial score (nSPS) is 10.5. The summed E-state index contributed by atoms with van der Waals surface area (Å²) in [5, 5.41) is 2.78. The van der Waals surface area contributed by atoms with Gasteiger partial charge in [-0.05, 0) is 18.2 Å². The lowest BCUT2D eigenvalue weighted by Crippen LogP contribution is -2.12. The predicted molar refractivity (Wildman–Crippen MR) is 89.2 cm³/mol. The van der Waals surface area contributed by atoms with Gasteiger partial charge >= 0.3 is 0 Å². The van der Waals surface area contributed by atoms with Gasteiger partial charge in [-0.1, -0.05) is 46.3 Å². The smallest absolute Gasteiger partial charge is 0.249 e. The number of rotatable bonds is 3. The van der Waals surface area contributed by atoms with Crippen LogP contribution in [0.5, 0.6) is 0 Å². The van der Waals surface area contributed by atoms with Crippen molar-refractivity contribution in [1.29, 1.82) is 0 Å². The second-order valence-electron chi connectivity index (χ2n) is 4.45. The van der Waals surface area contributed by atoms with Gasteiger partial charge in [-0.15, -0.1) is 11.3 Å². The van der Waals surface area contributed by atoms with Crippen LogP contribution in [0.4, 0.5) is 0 Å². The summed E-state index contributed by atoms with van der Waals surface area (Å²) in [6.45, 7) is 0. The first-order chi connectivity index (χ1) is 10.1. The van der Waals surface area contributed by atoms with E-state index in [9.17, 15) is 4.79 Å². The number of primary amides is 1. The van der Waals surface area contributed by atoms with Gasteiger partial charge in [-0.2, -0.15) is 0 Å². The highest BCUT2D eigenvalue weighted by atomic mass is 79.9. The molecule has 3 rings (SSSR count). The summed E-state index contributed by atoms with van der Waals surface area (Å²) >= 11 is 4.92. The molecular weight excluding hydrogens is 348 g/mol. The summed E-state index contributed by atoms with van der Waals surface area (Å²) in [6.07, 6.45) is 0. The van der Waals surface area contributed by atoms with E-state index >= 15 is 0 Å². The Hall–Kier alpha value is -1.98. The number of nitrogens with two attached hydrogens (primary N) is 1. The van der Waals surface area contributed by atoms with Gasteiger partial charge in [-0.25, -0.2) is 4.98 Å². The molecule has 21 heavy (non-hydrogen) atoms. The molecular formula is C16H11BrN2OS. The van der Waals surface area contributed by atoms with Crippen molar-refractivity contribution in [3.63, 3.8) is 0 Å². The molecule has 104 valence electrons. The highest BCUT2D eigenvalue weighted by Crippen LogP contribution is 2.31. The second-order valence-corrected chi connectivity index (χ2v) is 6.23. The first-order valence-corrected chi connectivity index (χ1v) is 7.93. The number of nitrogens with zero attached hydrogens (tertiary/aromatic N) is 1. The van der Waals surface area contributed by atoms with Crippen molar-refractivity contribution in [2.75, 3.05) is 0 Å². The second kappa shape index (κ2) is 5.79. The number of benzene rings is 2. The monoisotopic (exact) mass is 358 g/mol. The summed E-state index contributed by atoms with van der Waals surface area (Å²) in [5.74, 6) is -0.439. The van der Waals surface area contributed by atoms with Crippen molar-refractivity contribution in [3.8, 4) is 21.8 Å². The minimum atomic E-state index is -0.439. The van der Waals surface area contributed by atoms with E-state index in [2.05, 4.69) is 20.9 Å². The summed E-state index contributed by atoms with van der Waals surface area (Å²) < 4.78 is 1.03. The zero-order valence-electron chi connectivity index (χ0n) is 10.9. The fourth-order valence-electron chi connectivity index (χ4n) is 2.04. The van der Waals surface area contributed by atoms with Crippen molar-refractivity contribution in [3.05, 3.63) is 63.9 Å². The summed E-state index contributed by atoms with van der Waals surface area (Å²) in [7, 11) is 0. The molecule has 3 aromatic rings. The van der Waals surface area contributed by atoms with Gasteiger partial charge in [0.1, 0.15) is 5.01 Å². The van der Waals surface area contributed by atoms with Gasteiger partial charge < -0.3 is 5.73 Å². The highest BCUT2D eigenvalue weighted by Gasteiger charge is 2.13. The van der Waals surface area contributed by atoms with Gasteiger partial charge in [0.05, 0.1) is 5.69 Å². The molecule has 3 nitrogen and oxygen atoms in total. The number of carbonyl (C=O) groups is 1. The highest BCUT2D eigenvalue weighted by molar-refractivity contribution is 9.10. The molecule has 5 heteroatoms. The first-order valence-electron chi connectivity index (χ1n) is 6.26. The van der Waals surface area contributed by atoms with E-state index in [1.807, 2.05) is 41.8 Å². The quantitative estimate of drug-likeness (QED) is 0.756. The lowest BCUT2D eigenvalue weighted by Gasteiger charge is -2.02. The lowest BCUT2D eigenvalue weighted by atomic mass is 10.1. The van der Waals surface area contributed by atoms with Gasteiger partial charge in [0.25, 0.3) is 0 Å². The standard InChI is InChI=1S/C16H11BrN2OS/c17-11-7-5-10(6-8-11)14-9-21-16(19-14)13-4-2-1-3-12(13)15(18)20/h1-9H,(H2,18,20). The first kappa shape index (κ1) is 14.0. The van der Waals surface area contributed by atoms with Crippen LogP contribution >= 0.6 is 27.3 Å². The Balaban J connectivity index is 2.03. The van der Waals surface area contributed by atoms with Crippen molar-refractivity contribution in [1.82, 2.24) is 4.98 Å². The van der Waals surface area contributed by atoms with Crippen molar-refractivity contribution in [2.45, 2.75) is 0 Å². The Bertz CT molecular complexity index is 796. The molecule has 1 heterocycles. The molecule has 0 unspecified atom stereocenters. The Morgan fingerprint density at radius 1 is 1.10 bits per heavy atom. The molecule has 2 aromatic carbocycles. The number of carbonyl (C=O) groups excluding carboxylic acids is 1. The van der Waals surface area contributed by atoms with Crippen LogP contribution in [0.2, 0.25) is 0 Å². The maximum atomic E-state index is 11.5. The van der Waals surface area contributed by atoms with E-state index in [4.69, 9.17) is 5.73 Å². The molecule has 1 aromatic heterocycles. The topological polar surface area (TPSA) is 56.0 Å². The fraction of sp³-hybridized carbons (Fsp3) is 0. The molecule has 0 saturated carbocycles. The molecule has 0 bridgehead atoms. The number of aromatic nitrogens is 1. The van der Waals surface area contributed by atoms with E-state index < -0.39 is 5.91 Å².